The van der Waals surface area contributed by atoms with Gasteiger partial charge >= 0.3 is 0 Å². The highest BCUT2D eigenvalue weighted by Gasteiger charge is 1.34. The van der Waals surface area contributed by atoms with Gasteiger partial charge in [0.25, 0.3) is 0 Å². The molecule has 0 spiro atoms. The van der Waals surface area contributed by atoms with Gasteiger partial charge in [-0.1, -0.05) is 71.2 Å². The maximum absolute atomic E-state index is 3.36. The van der Waals surface area contributed by atoms with Gasteiger partial charge in [-0.2, -0.15) is 0 Å². The van der Waals surface area contributed by atoms with Crippen LogP contribution in [-0.4, -0.2) is 0 Å². The summed E-state index contributed by atoms with van der Waals surface area (Å²) in [4.78, 5) is 0. The monoisotopic (exact) mass is 212 g/mol. The molecule has 15 heavy (non-hydrogen) atoms. The molecule has 0 bridgehead atoms. The predicted octanol–water partition coefficient (Wildman–Crippen LogP) is 6.19. The first-order valence-corrected chi connectivity index (χ1v) is 5.62. The van der Waals surface area contributed by atoms with Crippen molar-refractivity contribution in [2.24, 2.45) is 0 Å². The summed E-state index contributed by atoms with van der Waals surface area (Å²) in [5.74, 6) is 0. The van der Waals surface area contributed by atoms with Gasteiger partial charge < -0.3 is 0 Å². The van der Waals surface area contributed by atoms with E-state index in [-0.39, 0.29) is 0 Å². The lowest BCUT2D eigenvalue weighted by Crippen LogP contribution is -1.26. The van der Waals surface area contributed by atoms with Gasteiger partial charge in [-0.3, -0.25) is 0 Å². The van der Waals surface area contributed by atoms with Crippen molar-refractivity contribution in [3.8, 4) is 0 Å². The number of hydrogen-bond acceptors (Lipinski definition) is 0. The van der Waals surface area contributed by atoms with E-state index < -0.39 is 0 Å². The Balaban J connectivity index is -0.0000000289. The van der Waals surface area contributed by atoms with Gasteiger partial charge in [0.05, 0.1) is 0 Å². The Morgan fingerprint density at radius 2 is 0.733 bits per heavy atom. The Morgan fingerprint density at radius 1 is 0.600 bits per heavy atom. The molecule has 0 aliphatic carbocycles. The first kappa shape index (κ1) is 29.2. The molecule has 0 amide bonds. The molecule has 0 aromatic carbocycles. The van der Waals surface area contributed by atoms with Crippen molar-refractivity contribution in [1.29, 1.82) is 0 Å². The third-order valence-corrected chi connectivity index (χ3v) is 0.500. The quantitative estimate of drug-likeness (QED) is 0.359. The van der Waals surface area contributed by atoms with Crippen LogP contribution in [0.4, 0.5) is 0 Å². The van der Waals surface area contributed by atoms with Gasteiger partial charge in [-0.05, 0) is 20.8 Å². The summed E-state index contributed by atoms with van der Waals surface area (Å²) in [5.41, 5.74) is 0. The van der Waals surface area contributed by atoms with Crippen LogP contribution in [0.5, 0.6) is 0 Å². The second kappa shape index (κ2) is 118. The largest absolute Gasteiger partial charge is 0.103 e. The molecule has 0 aromatic rings. The third kappa shape index (κ3) is 1690. The fraction of sp³-hybridized carbons (Fsp3) is 0.467. The number of allylic oxidation sites excluding steroid dienone is 5. The average molecular weight is 212 g/mol. The lowest BCUT2D eigenvalue weighted by Gasteiger charge is -1.49. The highest BCUT2D eigenvalue weighted by molar-refractivity contribution is 4.88. The minimum absolute atomic E-state index is 1.64. The van der Waals surface area contributed by atoms with Crippen molar-refractivity contribution >= 4 is 0 Å². The smallest absolute Gasteiger partial charge is 0.0470 e. The van der Waals surface area contributed by atoms with Gasteiger partial charge in [0.15, 0.2) is 0 Å². The summed E-state index contributed by atoms with van der Waals surface area (Å²) < 4.78 is 0. The lowest BCUT2D eigenvalue weighted by molar-refractivity contribution is 1.50. The Kier molecular flexibility index (Phi) is 230. The van der Waals surface area contributed by atoms with E-state index in [1.54, 1.807) is 18.2 Å². The molecule has 0 nitrogen and oxygen atoms in total. The minimum atomic E-state index is 1.64. The van der Waals surface area contributed by atoms with E-state index in [9.17, 15) is 0 Å². The zero-order chi connectivity index (χ0) is 13.5. The second-order valence-corrected chi connectivity index (χ2v) is 1.55. The van der Waals surface area contributed by atoms with Crippen LogP contribution in [0, 0.1) is 0 Å². The van der Waals surface area contributed by atoms with Crippen molar-refractivity contribution in [3.63, 3.8) is 0 Å². The van der Waals surface area contributed by atoms with Crippen molar-refractivity contribution < 1.29 is 0 Å². The van der Waals surface area contributed by atoms with Crippen molar-refractivity contribution in [2.45, 2.75) is 48.5 Å². The molecule has 0 fully saturated rings. The Labute approximate surface area is 99.1 Å². The molecule has 0 aromatic heterocycles. The molecule has 92 valence electrons. The van der Waals surface area contributed by atoms with E-state index in [2.05, 4.69) is 19.7 Å². The topological polar surface area (TPSA) is 0 Å². The van der Waals surface area contributed by atoms with Crippen molar-refractivity contribution in [2.75, 3.05) is 0 Å². The molecule has 0 heterocycles. The molecule has 0 saturated carbocycles. The van der Waals surface area contributed by atoms with Crippen molar-refractivity contribution in [3.05, 3.63) is 50.1 Å². The molecule has 0 atom stereocenters. The van der Waals surface area contributed by atoms with E-state index in [1.807, 2.05) is 60.6 Å². The normalized spacial score (nSPS) is 5.53. The fourth-order valence-corrected chi connectivity index (χ4v) is 0. The molecule has 0 N–H and O–H groups in total. The number of hydrogen-bond donors (Lipinski definition) is 0. The van der Waals surface area contributed by atoms with Gasteiger partial charge in [-0.15, -0.1) is 6.58 Å². The van der Waals surface area contributed by atoms with Crippen LogP contribution in [0.1, 0.15) is 48.5 Å². The standard InChI is InChI=1S/C4H8.C4H6.C3H6.2C2H6/c2*1-3-4-2;1-3-2;2*1-2/h3-4H,1-2H3;3-4H,1-2H2;3H,1H2,2H3;2*1-2H3/b4-3-;;;;. The van der Waals surface area contributed by atoms with E-state index in [0.717, 1.165) is 0 Å². The average Bonchev–Trinajstić information content (AvgIpc) is 2.35. The van der Waals surface area contributed by atoms with Crippen LogP contribution < -0.4 is 0 Å². The highest BCUT2D eigenvalue weighted by atomic mass is 13.4. The van der Waals surface area contributed by atoms with E-state index in [1.165, 1.54) is 0 Å². The third-order valence-electron chi connectivity index (χ3n) is 0.500. The molecule has 0 unspecified atom stereocenters. The minimum Gasteiger partial charge on any atom is -0.103 e. The fourth-order valence-electron chi connectivity index (χ4n) is 0. The highest BCUT2D eigenvalue weighted by Crippen LogP contribution is 1.57. The first-order valence-electron chi connectivity index (χ1n) is 5.62. The number of rotatable bonds is 1. The summed E-state index contributed by atoms with van der Waals surface area (Å²) in [5, 5.41) is 0. The molecular weight excluding hydrogens is 180 g/mol. The van der Waals surface area contributed by atoms with Crippen LogP contribution in [0.15, 0.2) is 50.1 Å². The van der Waals surface area contributed by atoms with E-state index >= 15 is 0 Å². The molecule has 0 aliphatic rings. The van der Waals surface area contributed by atoms with Crippen LogP contribution in [-0.2, 0) is 0 Å². The van der Waals surface area contributed by atoms with Crippen molar-refractivity contribution in [1.82, 2.24) is 0 Å². The van der Waals surface area contributed by atoms with Gasteiger partial charge in [0.1, 0.15) is 0 Å². The maximum Gasteiger partial charge on any atom is -0.0470 e. The Hall–Kier alpha value is -1.04. The zero-order valence-electron chi connectivity index (χ0n) is 12.0. The van der Waals surface area contributed by atoms with E-state index in [0.29, 0.717) is 0 Å². The summed E-state index contributed by atoms with van der Waals surface area (Å²) in [6, 6.07) is 0. The summed E-state index contributed by atoms with van der Waals surface area (Å²) in [6.45, 7) is 24.0. The predicted molar refractivity (Wildman–Crippen MR) is 79.4 cm³/mol. The zero-order valence-corrected chi connectivity index (χ0v) is 12.0. The van der Waals surface area contributed by atoms with Gasteiger partial charge in [0, 0.05) is 0 Å². The maximum atomic E-state index is 3.36. The Bertz CT molecular complexity index is 86.6. The van der Waals surface area contributed by atoms with E-state index in [4.69, 9.17) is 0 Å². The summed E-state index contributed by atoms with van der Waals surface area (Å²) >= 11 is 0. The molecular formula is C15H32. The summed E-state index contributed by atoms with van der Waals surface area (Å²) in [7, 11) is 0. The first-order chi connectivity index (χ1) is 7.24. The lowest BCUT2D eigenvalue weighted by atomic mass is 10.6. The molecule has 0 saturated heterocycles. The second-order valence-electron chi connectivity index (χ2n) is 1.55. The van der Waals surface area contributed by atoms with Crippen LogP contribution >= 0.6 is 0 Å². The molecule has 0 radical (unpaired) electrons. The molecule has 0 rings (SSSR count). The SMILES string of the molecule is C/C=C\C.C=CC.C=CC=C.CC.CC. The van der Waals surface area contributed by atoms with Gasteiger partial charge in [0.2, 0.25) is 0 Å². The molecule has 0 aliphatic heterocycles. The van der Waals surface area contributed by atoms with Crippen LogP contribution in [0.3, 0.4) is 0 Å². The van der Waals surface area contributed by atoms with Gasteiger partial charge in [-0.25, -0.2) is 0 Å². The molecule has 0 heteroatoms. The van der Waals surface area contributed by atoms with Crippen LogP contribution in [0.25, 0.3) is 0 Å². The Morgan fingerprint density at radius 3 is 0.733 bits per heavy atom. The summed E-state index contributed by atoms with van der Waals surface area (Å²) in [6.07, 6.45) is 9.03. The van der Waals surface area contributed by atoms with Crippen LogP contribution in [0.2, 0.25) is 0 Å².